The highest BCUT2D eigenvalue weighted by Gasteiger charge is 2.33. The number of hydrogen-bond acceptors (Lipinski definition) is 3. The summed E-state index contributed by atoms with van der Waals surface area (Å²) in [6.45, 7) is 3.75. The molecule has 2 aliphatic rings. The normalized spacial score (nSPS) is 18.3. The smallest absolute Gasteiger partial charge is 0.321 e. The van der Waals surface area contributed by atoms with Gasteiger partial charge in [-0.2, -0.15) is 0 Å². The van der Waals surface area contributed by atoms with Crippen molar-refractivity contribution in [1.82, 2.24) is 5.32 Å². The molecule has 0 radical (unpaired) electrons. The maximum Gasteiger partial charge on any atom is 0.321 e. The van der Waals surface area contributed by atoms with Gasteiger partial charge < -0.3 is 16.4 Å². The zero-order chi connectivity index (χ0) is 18.6. The number of nitrogens with one attached hydrogen (secondary N) is 2. The number of hydrogen-bond donors (Lipinski definition) is 3. The first kappa shape index (κ1) is 18.7. The molecule has 3 amide bonds. The van der Waals surface area contributed by atoms with Gasteiger partial charge in [-0.1, -0.05) is 25.3 Å². The van der Waals surface area contributed by atoms with Gasteiger partial charge >= 0.3 is 6.03 Å². The molecular weight excluding hydrogens is 328 g/mol. The van der Waals surface area contributed by atoms with Crippen LogP contribution in [0.4, 0.5) is 16.2 Å². The number of carbonyl (C=O) groups is 2. The van der Waals surface area contributed by atoms with Crippen molar-refractivity contribution < 1.29 is 9.59 Å². The molecule has 0 saturated heterocycles. The van der Waals surface area contributed by atoms with Crippen LogP contribution in [0.5, 0.6) is 0 Å². The molecule has 0 unspecified atom stereocenters. The topological polar surface area (TPSA) is 87.5 Å². The van der Waals surface area contributed by atoms with Crippen molar-refractivity contribution in [2.24, 2.45) is 11.1 Å². The Morgan fingerprint density at radius 2 is 2.00 bits per heavy atom. The Kier molecular flexibility index (Phi) is 5.81. The van der Waals surface area contributed by atoms with Gasteiger partial charge in [0.15, 0.2) is 0 Å². The summed E-state index contributed by atoms with van der Waals surface area (Å²) in [6.07, 6.45) is 6.94. The number of nitrogens with two attached hydrogens (primary N) is 1. The fraction of sp³-hybridized carbons (Fsp3) is 0.600. The van der Waals surface area contributed by atoms with Crippen molar-refractivity contribution in [3.8, 4) is 0 Å². The van der Waals surface area contributed by atoms with E-state index in [4.69, 9.17) is 5.73 Å². The highest BCUT2D eigenvalue weighted by Crippen LogP contribution is 2.39. The first-order chi connectivity index (χ1) is 12.6. The predicted molar refractivity (Wildman–Crippen MR) is 104 cm³/mol. The Bertz CT molecular complexity index is 668. The van der Waals surface area contributed by atoms with E-state index in [-0.39, 0.29) is 17.4 Å². The summed E-state index contributed by atoms with van der Waals surface area (Å²) in [6, 6.07) is 5.75. The first-order valence-electron chi connectivity index (χ1n) is 9.75. The summed E-state index contributed by atoms with van der Waals surface area (Å²) in [4.78, 5) is 26.5. The van der Waals surface area contributed by atoms with Crippen LogP contribution in [0.25, 0.3) is 0 Å². The monoisotopic (exact) mass is 358 g/mol. The summed E-state index contributed by atoms with van der Waals surface area (Å²) < 4.78 is 0. The third kappa shape index (κ3) is 4.01. The average Bonchev–Trinajstić information content (AvgIpc) is 3.06. The molecule has 1 heterocycles. The minimum absolute atomic E-state index is 0.0138. The van der Waals surface area contributed by atoms with Crippen molar-refractivity contribution in [1.29, 1.82) is 0 Å². The van der Waals surface area contributed by atoms with Crippen molar-refractivity contribution in [2.45, 2.75) is 51.9 Å². The summed E-state index contributed by atoms with van der Waals surface area (Å²) >= 11 is 0. The van der Waals surface area contributed by atoms with Crippen LogP contribution in [0, 0.1) is 5.41 Å². The third-order valence-corrected chi connectivity index (χ3v) is 5.72. The van der Waals surface area contributed by atoms with E-state index in [1.54, 1.807) is 4.90 Å². The molecule has 1 aliphatic carbocycles. The number of amides is 3. The fourth-order valence-corrected chi connectivity index (χ4v) is 4.22. The maximum atomic E-state index is 12.6. The zero-order valence-electron chi connectivity index (χ0n) is 15.6. The third-order valence-electron chi connectivity index (χ3n) is 5.72. The van der Waals surface area contributed by atoms with Gasteiger partial charge in [0.2, 0.25) is 5.91 Å². The number of nitrogens with zero attached hydrogens (tertiary/aromatic N) is 1. The van der Waals surface area contributed by atoms with E-state index in [0.29, 0.717) is 26.1 Å². The Labute approximate surface area is 155 Å². The molecule has 1 fully saturated rings. The van der Waals surface area contributed by atoms with E-state index in [0.717, 1.165) is 49.0 Å². The standard InChI is InChI=1S/C20H30N4O2/c1-2-22-19(26)24-11-8-15-6-7-16(12-17(15)24)23-18(25)13-20(14-21)9-4-3-5-10-20/h6-7,12H,2-5,8-11,13-14,21H2,1H3,(H,22,26)(H,23,25). The molecule has 0 spiro atoms. The van der Waals surface area contributed by atoms with Gasteiger partial charge in [-0.3, -0.25) is 9.69 Å². The van der Waals surface area contributed by atoms with Gasteiger partial charge in [-0.15, -0.1) is 0 Å². The first-order valence-corrected chi connectivity index (χ1v) is 9.75. The van der Waals surface area contributed by atoms with E-state index in [1.807, 2.05) is 25.1 Å². The van der Waals surface area contributed by atoms with Crippen LogP contribution in [0.2, 0.25) is 0 Å². The van der Waals surface area contributed by atoms with Crippen molar-refractivity contribution in [3.63, 3.8) is 0 Å². The Hall–Kier alpha value is -2.08. The number of benzene rings is 1. The van der Waals surface area contributed by atoms with Gasteiger partial charge in [0, 0.05) is 25.2 Å². The molecule has 1 aromatic carbocycles. The van der Waals surface area contributed by atoms with Crippen LogP contribution in [0.15, 0.2) is 18.2 Å². The molecule has 1 saturated carbocycles. The van der Waals surface area contributed by atoms with Crippen molar-refractivity contribution in [2.75, 3.05) is 29.9 Å². The Balaban J connectivity index is 1.68. The summed E-state index contributed by atoms with van der Waals surface area (Å²) in [5, 5.41) is 5.86. The minimum Gasteiger partial charge on any atom is -0.338 e. The lowest BCUT2D eigenvalue weighted by atomic mass is 9.71. The van der Waals surface area contributed by atoms with Gasteiger partial charge in [-0.25, -0.2) is 4.79 Å². The predicted octanol–water partition coefficient (Wildman–Crippen LogP) is 3.02. The van der Waals surface area contributed by atoms with E-state index in [2.05, 4.69) is 10.6 Å². The fourth-order valence-electron chi connectivity index (χ4n) is 4.22. The van der Waals surface area contributed by atoms with Crippen LogP contribution in [0.1, 0.15) is 51.0 Å². The molecule has 1 aliphatic heterocycles. The molecule has 6 heteroatoms. The molecule has 0 bridgehead atoms. The van der Waals surface area contributed by atoms with E-state index >= 15 is 0 Å². The highest BCUT2D eigenvalue weighted by atomic mass is 16.2. The van der Waals surface area contributed by atoms with Gasteiger partial charge in [0.25, 0.3) is 0 Å². The summed E-state index contributed by atoms with van der Waals surface area (Å²) in [5.74, 6) is 0.0138. The lowest BCUT2D eigenvalue weighted by Gasteiger charge is -2.35. The van der Waals surface area contributed by atoms with Gasteiger partial charge in [0.1, 0.15) is 0 Å². The Morgan fingerprint density at radius 1 is 1.23 bits per heavy atom. The van der Waals surface area contributed by atoms with Crippen LogP contribution in [-0.2, 0) is 11.2 Å². The lowest BCUT2D eigenvalue weighted by Crippen LogP contribution is -2.38. The molecule has 26 heavy (non-hydrogen) atoms. The molecule has 142 valence electrons. The number of rotatable bonds is 5. The highest BCUT2D eigenvalue weighted by molar-refractivity contribution is 5.96. The second kappa shape index (κ2) is 8.08. The zero-order valence-corrected chi connectivity index (χ0v) is 15.6. The van der Waals surface area contributed by atoms with Crippen LogP contribution >= 0.6 is 0 Å². The molecule has 4 N–H and O–H groups in total. The van der Waals surface area contributed by atoms with Crippen LogP contribution in [0.3, 0.4) is 0 Å². The number of anilines is 2. The average molecular weight is 358 g/mol. The van der Waals surface area contributed by atoms with E-state index < -0.39 is 0 Å². The number of urea groups is 1. The SMILES string of the molecule is CCNC(=O)N1CCc2ccc(NC(=O)CC3(CN)CCCCC3)cc21. The van der Waals surface area contributed by atoms with Crippen molar-refractivity contribution in [3.05, 3.63) is 23.8 Å². The van der Waals surface area contributed by atoms with E-state index in [9.17, 15) is 9.59 Å². The number of carbonyl (C=O) groups excluding carboxylic acids is 2. The maximum absolute atomic E-state index is 12.6. The van der Waals surface area contributed by atoms with Crippen LogP contribution in [-0.4, -0.2) is 31.6 Å². The summed E-state index contributed by atoms with van der Waals surface area (Å²) in [7, 11) is 0. The Morgan fingerprint density at radius 3 is 2.69 bits per heavy atom. The van der Waals surface area contributed by atoms with Gasteiger partial charge in [0.05, 0.1) is 5.69 Å². The largest absolute Gasteiger partial charge is 0.338 e. The van der Waals surface area contributed by atoms with Crippen LogP contribution < -0.4 is 21.3 Å². The molecule has 0 aromatic heterocycles. The number of fused-ring (bicyclic) bond motifs is 1. The molecule has 6 nitrogen and oxygen atoms in total. The quantitative estimate of drug-likeness (QED) is 0.756. The van der Waals surface area contributed by atoms with Gasteiger partial charge in [-0.05, 0) is 55.8 Å². The molecular formula is C20H30N4O2. The molecule has 3 rings (SSSR count). The molecule has 1 aromatic rings. The minimum atomic E-state index is -0.0842. The summed E-state index contributed by atoms with van der Waals surface area (Å²) in [5.41, 5.74) is 8.72. The second-order valence-corrected chi connectivity index (χ2v) is 7.57. The molecule has 0 atom stereocenters. The second-order valence-electron chi connectivity index (χ2n) is 7.57. The van der Waals surface area contributed by atoms with E-state index in [1.165, 1.54) is 6.42 Å². The lowest BCUT2D eigenvalue weighted by molar-refractivity contribution is -0.118. The van der Waals surface area contributed by atoms with Crippen molar-refractivity contribution >= 4 is 23.3 Å².